The molecule has 2 aliphatic rings. The standard InChI is InChI=1S/C12H17FO4/c1-3-12(2,13)11(15)17-9-7-5-4-6-8(7)16-10(9)14/h7-9H,3-6H2,1-2H3. The molecule has 17 heavy (non-hydrogen) atoms. The van der Waals surface area contributed by atoms with Crippen LogP contribution < -0.4 is 0 Å². The molecule has 0 amide bonds. The lowest BCUT2D eigenvalue weighted by molar-refractivity contribution is -0.171. The highest BCUT2D eigenvalue weighted by atomic mass is 19.1. The molecule has 4 atom stereocenters. The van der Waals surface area contributed by atoms with Gasteiger partial charge < -0.3 is 9.47 Å². The predicted molar refractivity (Wildman–Crippen MR) is 56.9 cm³/mol. The Kier molecular flexibility index (Phi) is 3.10. The van der Waals surface area contributed by atoms with E-state index in [1.807, 2.05) is 0 Å². The molecule has 1 saturated carbocycles. The van der Waals surface area contributed by atoms with Gasteiger partial charge in [-0.2, -0.15) is 0 Å². The Bertz CT molecular complexity index is 339. The lowest BCUT2D eigenvalue weighted by atomic mass is 10.0. The summed E-state index contributed by atoms with van der Waals surface area (Å²) in [6, 6.07) is 0. The molecule has 4 nitrogen and oxygen atoms in total. The number of carbonyl (C=O) groups is 2. The zero-order valence-corrected chi connectivity index (χ0v) is 10.1. The molecule has 2 rings (SSSR count). The highest BCUT2D eigenvalue weighted by Crippen LogP contribution is 2.38. The minimum Gasteiger partial charge on any atom is -0.459 e. The van der Waals surface area contributed by atoms with E-state index in [9.17, 15) is 14.0 Å². The normalized spacial score (nSPS) is 35.0. The van der Waals surface area contributed by atoms with Crippen molar-refractivity contribution in [2.24, 2.45) is 5.92 Å². The van der Waals surface area contributed by atoms with E-state index in [-0.39, 0.29) is 18.4 Å². The number of alkyl halides is 1. The van der Waals surface area contributed by atoms with Gasteiger partial charge in [-0.1, -0.05) is 6.92 Å². The molecule has 4 unspecified atom stereocenters. The van der Waals surface area contributed by atoms with E-state index >= 15 is 0 Å². The third-order valence-electron chi connectivity index (χ3n) is 3.72. The zero-order valence-electron chi connectivity index (χ0n) is 10.1. The molecule has 1 heterocycles. The molecule has 2 fully saturated rings. The van der Waals surface area contributed by atoms with Crippen molar-refractivity contribution in [1.82, 2.24) is 0 Å². The van der Waals surface area contributed by atoms with Crippen LogP contribution in [-0.4, -0.2) is 29.8 Å². The Morgan fingerprint density at radius 2 is 2.29 bits per heavy atom. The summed E-state index contributed by atoms with van der Waals surface area (Å²) in [7, 11) is 0. The van der Waals surface area contributed by atoms with Crippen LogP contribution in [0, 0.1) is 5.92 Å². The molecule has 0 bridgehead atoms. The maximum atomic E-state index is 13.7. The summed E-state index contributed by atoms with van der Waals surface area (Å²) >= 11 is 0. The predicted octanol–water partition coefficient (Wildman–Crippen LogP) is 1.76. The first kappa shape index (κ1) is 12.3. The molecule has 1 aliphatic carbocycles. The fourth-order valence-electron chi connectivity index (χ4n) is 2.36. The number of esters is 2. The summed E-state index contributed by atoms with van der Waals surface area (Å²) in [4.78, 5) is 23.1. The van der Waals surface area contributed by atoms with Crippen molar-refractivity contribution in [3.05, 3.63) is 0 Å². The summed E-state index contributed by atoms with van der Waals surface area (Å²) in [5.74, 6) is -1.58. The number of hydrogen-bond acceptors (Lipinski definition) is 4. The molecule has 0 aromatic rings. The van der Waals surface area contributed by atoms with E-state index in [1.165, 1.54) is 6.92 Å². The van der Waals surface area contributed by atoms with Crippen molar-refractivity contribution in [2.45, 2.75) is 57.4 Å². The van der Waals surface area contributed by atoms with Crippen molar-refractivity contribution in [2.75, 3.05) is 0 Å². The topological polar surface area (TPSA) is 52.6 Å². The average Bonchev–Trinajstić information content (AvgIpc) is 2.82. The van der Waals surface area contributed by atoms with Crippen molar-refractivity contribution >= 4 is 11.9 Å². The third kappa shape index (κ3) is 2.15. The van der Waals surface area contributed by atoms with Crippen molar-refractivity contribution < 1.29 is 23.5 Å². The Balaban J connectivity index is 2.03. The van der Waals surface area contributed by atoms with E-state index < -0.39 is 23.7 Å². The van der Waals surface area contributed by atoms with E-state index in [2.05, 4.69) is 0 Å². The van der Waals surface area contributed by atoms with Crippen molar-refractivity contribution in [3.63, 3.8) is 0 Å². The van der Waals surface area contributed by atoms with E-state index in [1.54, 1.807) is 6.92 Å². The Morgan fingerprint density at radius 3 is 2.94 bits per heavy atom. The molecule has 0 aromatic heterocycles. The van der Waals surface area contributed by atoms with Gasteiger partial charge in [-0.25, -0.2) is 14.0 Å². The van der Waals surface area contributed by atoms with Crippen LogP contribution >= 0.6 is 0 Å². The molecule has 96 valence electrons. The highest BCUT2D eigenvalue weighted by molar-refractivity contribution is 5.85. The van der Waals surface area contributed by atoms with Gasteiger partial charge in [0.1, 0.15) is 6.10 Å². The van der Waals surface area contributed by atoms with Gasteiger partial charge in [-0.3, -0.25) is 0 Å². The van der Waals surface area contributed by atoms with Gasteiger partial charge in [0, 0.05) is 5.92 Å². The van der Waals surface area contributed by atoms with Crippen LogP contribution in [-0.2, 0) is 19.1 Å². The van der Waals surface area contributed by atoms with E-state index in [0.717, 1.165) is 19.3 Å². The first-order valence-corrected chi connectivity index (χ1v) is 6.06. The smallest absolute Gasteiger partial charge is 0.348 e. The van der Waals surface area contributed by atoms with Crippen molar-refractivity contribution in [3.8, 4) is 0 Å². The Morgan fingerprint density at radius 1 is 1.59 bits per heavy atom. The first-order chi connectivity index (χ1) is 7.95. The van der Waals surface area contributed by atoms with Crippen molar-refractivity contribution in [1.29, 1.82) is 0 Å². The maximum absolute atomic E-state index is 13.7. The number of ether oxygens (including phenoxy) is 2. The van der Waals surface area contributed by atoms with Gasteiger partial charge >= 0.3 is 11.9 Å². The van der Waals surface area contributed by atoms with Gasteiger partial charge in [0.2, 0.25) is 11.8 Å². The number of rotatable bonds is 3. The van der Waals surface area contributed by atoms with Crippen LogP contribution in [0.1, 0.15) is 39.5 Å². The molecule has 0 spiro atoms. The summed E-state index contributed by atoms with van der Waals surface area (Å²) in [6.45, 7) is 2.73. The van der Waals surface area contributed by atoms with Gasteiger partial charge in [0.15, 0.2) is 0 Å². The molecule has 1 aliphatic heterocycles. The van der Waals surface area contributed by atoms with Crippen LogP contribution in [0.15, 0.2) is 0 Å². The molecule has 0 N–H and O–H groups in total. The first-order valence-electron chi connectivity index (χ1n) is 6.06. The van der Waals surface area contributed by atoms with Crippen LogP contribution in [0.2, 0.25) is 0 Å². The molecule has 0 radical (unpaired) electrons. The van der Waals surface area contributed by atoms with E-state index in [4.69, 9.17) is 9.47 Å². The second kappa shape index (κ2) is 4.27. The monoisotopic (exact) mass is 244 g/mol. The maximum Gasteiger partial charge on any atom is 0.348 e. The van der Waals surface area contributed by atoms with Gasteiger partial charge in [0.05, 0.1) is 0 Å². The molecule has 1 saturated heterocycles. The zero-order chi connectivity index (χ0) is 12.6. The summed E-state index contributed by atoms with van der Waals surface area (Å²) in [6.07, 6.45) is 1.54. The SMILES string of the molecule is CCC(C)(F)C(=O)OC1C(=O)OC2CCCC21. The number of fused-ring (bicyclic) bond motifs is 1. The fraction of sp³-hybridized carbons (Fsp3) is 0.833. The quantitative estimate of drug-likeness (QED) is 0.710. The minimum absolute atomic E-state index is 0.0295. The van der Waals surface area contributed by atoms with Crippen LogP contribution in [0.25, 0.3) is 0 Å². The average molecular weight is 244 g/mol. The van der Waals surface area contributed by atoms with Crippen LogP contribution in [0.5, 0.6) is 0 Å². The number of carbonyl (C=O) groups excluding carboxylic acids is 2. The lowest BCUT2D eigenvalue weighted by Crippen LogP contribution is -2.38. The molecule has 0 aromatic carbocycles. The molecular weight excluding hydrogens is 227 g/mol. The number of halogens is 1. The third-order valence-corrected chi connectivity index (χ3v) is 3.72. The summed E-state index contributed by atoms with van der Waals surface area (Å²) < 4.78 is 23.8. The van der Waals surface area contributed by atoms with Crippen LogP contribution in [0.3, 0.4) is 0 Å². The summed E-state index contributed by atoms with van der Waals surface area (Å²) in [5, 5.41) is 0. The van der Waals surface area contributed by atoms with Gasteiger partial charge in [0.25, 0.3) is 0 Å². The van der Waals surface area contributed by atoms with Gasteiger partial charge in [-0.05, 0) is 32.6 Å². The largest absolute Gasteiger partial charge is 0.459 e. The number of hydrogen-bond donors (Lipinski definition) is 0. The highest BCUT2D eigenvalue weighted by Gasteiger charge is 2.50. The molecular formula is C12H17FO4. The fourth-order valence-corrected chi connectivity index (χ4v) is 2.36. The Labute approximate surface area is 99.5 Å². The molecule has 5 heteroatoms. The minimum atomic E-state index is -2.03. The summed E-state index contributed by atoms with van der Waals surface area (Å²) in [5.41, 5.74) is -2.03. The van der Waals surface area contributed by atoms with E-state index in [0.29, 0.717) is 0 Å². The Hall–Kier alpha value is -1.13. The van der Waals surface area contributed by atoms with Gasteiger partial charge in [-0.15, -0.1) is 0 Å². The second-order valence-electron chi connectivity index (χ2n) is 4.95. The lowest BCUT2D eigenvalue weighted by Gasteiger charge is -2.20. The second-order valence-corrected chi connectivity index (χ2v) is 4.95. The van der Waals surface area contributed by atoms with Crippen LogP contribution in [0.4, 0.5) is 4.39 Å².